The second-order valence-corrected chi connectivity index (χ2v) is 6.85. The van der Waals surface area contributed by atoms with E-state index >= 15 is 0 Å². The molecule has 1 heterocycles. The fourth-order valence-electron chi connectivity index (χ4n) is 4.71. The van der Waals surface area contributed by atoms with Gasteiger partial charge in [-0.05, 0) is 36.1 Å². The summed E-state index contributed by atoms with van der Waals surface area (Å²) in [7, 11) is 0. The van der Waals surface area contributed by atoms with Crippen LogP contribution >= 0.6 is 0 Å². The Labute approximate surface area is 134 Å². The summed E-state index contributed by atoms with van der Waals surface area (Å²) in [4.78, 5) is 27.6. The quantitative estimate of drug-likeness (QED) is 0.597. The number of amides is 2. The Morgan fingerprint density at radius 2 is 1.39 bits per heavy atom. The highest BCUT2D eigenvalue weighted by Crippen LogP contribution is 2.50. The fraction of sp³-hybridized carbons (Fsp3) is 0.300. The Balaban J connectivity index is 1.67. The van der Waals surface area contributed by atoms with Crippen molar-refractivity contribution in [3.63, 3.8) is 0 Å². The lowest BCUT2D eigenvalue weighted by Crippen LogP contribution is -2.38. The van der Waals surface area contributed by atoms with E-state index in [1.165, 1.54) is 4.90 Å². The molecule has 3 aliphatic carbocycles. The molecule has 3 heteroatoms. The van der Waals surface area contributed by atoms with Gasteiger partial charge < -0.3 is 0 Å². The predicted octanol–water partition coefficient (Wildman–Crippen LogP) is 3.54. The maximum Gasteiger partial charge on any atom is 0.238 e. The molecule has 0 radical (unpaired) electrons. The summed E-state index contributed by atoms with van der Waals surface area (Å²) in [5.74, 6) is 0.170. The van der Waals surface area contributed by atoms with Gasteiger partial charge in [0, 0.05) is 5.39 Å². The number of carbonyl (C=O) groups excluding carboxylic acids is 2. The van der Waals surface area contributed by atoms with Crippen LogP contribution in [0.3, 0.4) is 0 Å². The zero-order valence-electron chi connectivity index (χ0n) is 12.7. The molecule has 114 valence electrons. The highest BCUT2D eigenvalue weighted by atomic mass is 16.2. The summed E-state index contributed by atoms with van der Waals surface area (Å²) >= 11 is 0. The molecule has 4 atom stereocenters. The number of carbonyl (C=O) groups is 2. The van der Waals surface area contributed by atoms with Gasteiger partial charge in [-0.1, -0.05) is 48.6 Å². The standard InChI is InChI=1S/C20H17NO2/c22-19-17-13-8-9-14(11-10-13)18(17)20(23)21(19)16-7-3-5-12-4-1-2-6-15(12)16/h1-9,13-14,17-18H,10-11H2/t13-,14-,17+,18+/m1/s1. The molecule has 0 aromatic heterocycles. The Morgan fingerprint density at radius 3 is 2.04 bits per heavy atom. The van der Waals surface area contributed by atoms with E-state index in [4.69, 9.17) is 0 Å². The third kappa shape index (κ3) is 1.65. The van der Waals surface area contributed by atoms with Crippen LogP contribution in [0.5, 0.6) is 0 Å². The number of fused-ring (bicyclic) bond motifs is 2. The number of benzene rings is 2. The zero-order valence-corrected chi connectivity index (χ0v) is 12.7. The molecule has 2 bridgehead atoms. The number of hydrogen-bond donors (Lipinski definition) is 0. The maximum atomic E-state index is 13.1. The van der Waals surface area contributed by atoms with Gasteiger partial charge in [0.25, 0.3) is 0 Å². The molecule has 3 nitrogen and oxygen atoms in total. The maximum absolute atomic E-state index is 13.1. The van der Waals surface area contributed by atoms with E-state index in [-0.39, 0.29) is 35.5 Å². The second-order valence-electron chi connectivity index (χ2n) is 6.85. The van der Waals surface area contributed by atoms with Crippen LogP contribution in [-0.4, -0.2) is 11.8 Å². The number of imide groups is 1. The van der Waals surface area contributed by atoms with Gasteiger partial charge in [-0.25, -0.2) is 4.90 Å². The van der Waals surface area contributed by atoms with Crippen LogP contribution < -0.4 is 4.90 Å². The first-order valence-corrected chi connectivity index (χ1v) is 8.29. The third-order valence-electron chi connectivity index (χ3n) is 5.77. The van der Waals surface area contributed by atoms with E-state index < -0.39 is 0 Å². The van der Waals surface area contributed by atoms with Gasteiger partial charge in [0.1, 0.15) is 0 Å². The highest BCUT2D eigenvalue weighted by Gasteiger charge is 2.57. The lowest BCUT2D eigenvalue weighted by atomic mass is 9.63. The zero-order chi connectivity index (χ0) is 15.6. The first kappa shape index (κ1) is 13.1. The molecule has 2 aromatic rings. The number of allylic oxidation sites excluding steroid dienone is 2. The van der Waals surface area contributed by atoms with E-state index in [9.17, 15) is 9.59 Å². The molecule has 2 aromatic carbocycles. The number of anilines is 1. The lowest BCUT2D eigenvalue weighted by Gasteiger charge is -2.38. The molecule has 2 fully saturated rings. The van der Waals surface area contributed by atoms with Crippen molar-refractivity contribution in [2.45, 2.75) is 12.8 Å². The minimum atomic E-state index is -0.148. The van der Waals surface area contributed by atoms with Crippen molar-refractivity contribution < 1.29 is 9.59 Å². The van der Waals surface area contributed by atoms with Crippen LogP contribution in [-0.2, 0) is 9.59 Å². The first-order valence-electron chi connectivity index (χ1n) is 8.29. The molecule has 2 amide bonds. The van der Waals surface area contributed by atoms with Crippen molar-refractivity contribution in [1.29, 1.82) is 0 Å². The topological polar surface area (TPSA) is 37.4 Å². The summed E-state index contributed by atoms with van der Waals surface area (Å²) in [5, 5.41) is 2.03. The molecule has 1 saturated carbocycles. The van der Waals surface area contributed by atoms with Crippen LogP contribution in [0.15, 0.2) is 54.6 Å². The molecule has 0 spiro atoms. The summed E-state index contributed by atoms with van der Waals surface area (Å²) in [6.07, 6.45) is 6.38. The van der Waals surface area contributed by atoms with Crippen LogP contribution in [0, 0.1) is 23.7 Å². The Morgan fingerprint density at radius 1 is 0.783 bits per heavy atom. The average Bonchev–Trinajstić information content (AvgIpc) is 2.89. The van der Waals surface area contributed by atoms with E-state index in [1.54, 1.807) is 0 Å². The van der Waals surface area contributed by atoms with E-state index in [0.717, 1.165) is 29.3 Å². The summed E-state index contributed by atoms with van der Waals surface area (Å²) in [6, 6.07) is 13.8. The van der Waals surface area contributed by atoms with Gasteiger partial charge in [0.15, 0.2) is 0 Å². The molecule has 0 N–H and O–H groups in total. The molecule has 0 unspecified atom stereocenters. The highest BCUT2D eigenvalue weighted by molar-refractivity contribution is 6.25. The Kier molecular flexibility index (Phi) is 2.58. The predicted molar refractivity (Wildman–Crippen MR) is 88.8 cm³/mol. The van der Waals surface area contributed by atoms with Crippen molar-refractivity contribution in [3.05, 3.63) is 54.6 Å². The Bertz CT molecular complexity index is 832. The summed E-state index contributed by atoms with van der Waals surface area (Å²) in [6.45, 7) is 0. The van der Waals surface area contributed by atoms with E-state index in [1.807, 2.05) is 42.5 Å². The SMILES string of the molecule is O=C1[C@@H]2[C@@H](C(=O)N1c1cccc3ccccc13)[C@@H]1C=C[C@@H]2CC1. The lowest BCUT2D eigenvalue weighted by molar-refractivity contribution is -0.124. The van der Waals surface area contributed by atoms with Crippen molar-refractivity contribution in [2.24, 2.45) is 23.7 Å². The van der Waals surface area contributed by atoms with Gasteiger partial charge in [0.2, 0.25) is 11.8 Å². The van der Waals surface area contributed by atoms with Crippen molar-refractivity contribution >= 4 is 28.3 Å². The van der Waals surface area contributed by atoms with Crippen molar-refractivity contribution in [3.8, 4) is 0 Å². The van der Waals surface area contributed by atoms with Gasteiger partial charge in [-0.2, -0.15) is 0 Å². The molecular weight excluding hydrogens is 286 g/mol. The minimum Gasteiger partial charge on any atom is -0.274 e. The second kappa shape index (κ2) is 4.54. The number of rotatable bonds is 1. The molecule has 4 aliphatic rings. The van der Waals surface area contributed by atoms with E-state index in [2.05, 4.69) is 12.2 Å². The number of hydrogen-bond acceptors (Lipinski definition) is 2. The molecule has 23 heavy (non-hydrogen) atoms. The van der Waals surface area contributed by atoms with Crippen LogP contribution in [0.25, 0.3) is 10.8 Å². The fourth-order valence-corrected chi connectivity index (χ4v) is 4.71. The molecule has 1 saturated heterocycles. The Hall–Kier alpha value is -2.42. The van der Waals surface area contributed by atoms with Crippen LogP contribution in [0.1, 0.15) is 12.8 Å². The monoisotopic (exact) mass is 303 g/mol. The first-order chi connectivity index (χ1) is 11.3. The van der Waals surface area contributed by atoms with E-state index in [0.29, 0.717) is 0 Å². The molecule has 6 rings (SSSR count). The third-order valence-corrected chi connectivity index (χ3v) is 5.77. The molecular formula is C20H17NO2. The van der Waals surface area contributed by atoms with Crippen LogP contribution in [0.4, 0.5) is 5.69 Å². The number of nitrogens with zero attached hydrogens (tertiary/aromatic N) is 1. The van der Waals surface area contributed by atoms with Crippen molar-refractivity contribution in [1.82, 2.24) is 0 Å². The van der Waals surface area contributed by atoms with Crippen LogP contribution in [0.2, 0.25) is 0 Å². The normalized spacial score (nSPS) is 31.9. The molecule has 1 aliphatic heterocycles. The van der Waals surface area contributed by atoms with Gasteiger partial charge in [-0.3, -0.25) is 9.59 Å². The minimum absolute atomic E-state index is 0.00426. The summed E-state index contributed by atoms with van der Waals surface area (Å²) in [5.41, 5.74) is 0.743. The van der Waals surface area contributed by atoms with Gasteiger partial charge in [0.05, 0.1) is 17.5 Å². The van der Waals surface area contributed by atoms with Crippen molar-refractivity contribution in [2.75, 3.05) is 4.90 Å². The summed E-state index contributed by atoms with van der Waals surface area (Å²) < 4.78 is 0. The van der Waals surface area contributed by atoms with Gasteiger partial charge in [-0.15, -0.1) is 0 Å². The average molecular weight is 303 g/mol. The van der Waals surface area contributed by atoms with Gasteiger partial charge >= 0.3 is 0 Å². The largest absolute Gasteiger partial charge is 0.274 e. The smallest absolute Gasteiger partial charge is 0.238 e.